The number of halogens is 1. The van der Waals surface area contributed by atoms with E-state index in [1.807, 2.05) is 6.07 Å². The Hall–Kier alpha value is -1.03. The largest absolute Gasteiger partial charge is 0.478 e. The second kappa shape index (κ2) is 5.53. The van der Waals surface area contributed by atoms with Gasteiger partial charge in [0.05, 0.1) is 5.56 Å². The van der Waals surface area contributed by atoms with Crippen LogP contribution >= 0.6 is 15.9 Å². The van der Waals surface area contributed by atoms with Crippen molar-refractivity contribution in [1.82, 2.24) is 0 Å². The molecular weight excluding hydrogens is 306 g/mol. The molecule has 1 heterocycles. The highest BCUT2D eigenvalue weighted by molar-refractivity contribution is 9.10. The standard InChI is InChI=1S/C15H20BrNO2/c1-3-15(2)4-6-17(7-5-15)13-9-11(14(18)19)8-12(16)10-13/h8-10H,3-7H2,1-2H3,(H,18,19). The minimum absolute atomic E-state index is 0.341. The van der Waals surface area contributed by atoms with Crippen LogP contribution in [0.3, 0.4) is 0 Å². The Labute approximate surface area is 122 Å². The third kappa shape index (κ3) is 3.30. The number of nitrogens with zero attached hydrogens (tertiary/aromatic N) is 1. The molecule has 1 fully saturated rings. The van der Waals surface area contributed by atoms with Gasteiger partial charge in [0.1, 0.15) is 0 Å². The van der Waals surface area contributed by atoms with Gasteiger partial charge in [-0.05, 0) is 36.5 Å². The van der Waals surface area contributed by atoms with Gasteiger partial charge in [0, 0.05) is 23.2 Å². The van der Waals surface area contributed by atoms with Crippen LogP contribution in [0.15, 0.2) is 22.7 Å². The van der Waals surface area contributed by atoms with Crippen LogP contribution in [0.25, 0.3) is 0 Å². The fraction of sp³-hybridized carbons (Fsp3) is 0.533. The van der Waals surface area contributed by atoms with Crippen LogP contribution in [0.5, 0.6) is 0 Å². The van der Waals surface area contributed by atoms with Gasteiger partial charge in [-0.1, -0.05) is 36.2 Å². The monoisotopic (exact) mass is 325 g/mol. The van der Waals surface area contributed by atoms with Gasteiger partial charge in [-0.15, -0.1) is 0 Å². The van der Waals surface area contributed by atoms with Crippen LogP contribution in [-0.4, -0.2) is 24.2 Å². The second-order valence-corrected chi connectivity index (χ2v) is 6.57. The van der Waals surface area contributed by atoms with E-state index in [4.69, 9.17) is 5.11 Å². The molecule has 3 nitrogen and oxygen atoms in total. The van der Waals surface area contributed by atoms with E-state index in [1.54, 1.807) is 12.1 Å². The Morgan fingerprint density at radius 2 is 2.00 bits per heavy atom. The molecule has 19 heavy (non-hydrogen) atoms. The Kier molecular flexibility index (Phi) is 4.19. The third-order valence-corrected chi connectivity index (χ3v) is 4.78. The zero-order valence-electron chi connectivity index (χ0n) is 11.4. The Bertz CT molecular complexity index is 479. The highest BCUT2D eigenvalue weighted by Gasteiger charge is 2.28. The first-order valence-electron chi connectivity index (χ1n) is 6.72. The maximum absolute atomic E-state index is 11.1. The van der Waals surface area contributed by atoms with Gasteiger partial charge < -0.3 is 10.0 Å². The van der Waals surface area contributed by atoms with Crippen molar-refractivity contribution in [2.24, 2.45) is 5.41 Å². The van der Waals surface area contributed by atoms with Crippen molar-refractivity contribution in [2.45, 2.75) is 33.1 Å². The van der Waals surface area contributed by atoms with Gasteiger partial charge in [-0.3, -0.25) is 0 Å². The molecule has 0 aliphatic carbocycles. The van der Waals surface area contributed by atoms with Crippen molar-refractivity contribution in [3.05, 3.63) is 28.2 Å². The first-order valence-corrected chi connectivity index (χ1v) is 7.52. The topological polar surface area (TPSA) is 40.5 Å². The molecule has 1 aliphatic heterocycles. The molecule has 1 N–H and O–H groups in total. The lowest BCUT2D eigenvalue weighted by molar-refractivity contribution is 0.0697. The summed E-state index contributed by atoms with van der Waals surface area (Å²) in [4.78, 5) is 13.4. The highest BCUT2D eigenvalue weighted by atomic mass is 79.9. The van der Waals surface area contributed by atoms with E-state index < -0.39 is 5.97 Å². The van der Waals surface area contributed by atoms with Crippen molar-refractivity contribution in [3.8, 4) is 0 Å². The van der Waals surface area contributed by atoms with E-state index in [9.17, 15) is 4.79 Å². The Morgan fingerprint density at radius 3 is 2.53 bits per heavy atom. The molecule has 0 bridgehead atoms. The molecule has 1 aromatic carbocycles. The molecule has 0 radical (unpaired) electrons. The molecule has 1 saturated heterocycles. The summed E-state index contributed by atoms with van der Waals surface area (Å²) in [5, 5.41) is 9.11. The number of hydrogen-bond donors (Lipinski definition) is 1. The van der Waals surface area contributed by atoms with Crippen molar-refractivity contribution >= 4 is 27.6 Å². The minimum atomic E-state index is -0.877. The maximum atomic E-state index is 11.1. The maximum Gasteiger partial charge on any atom is 0.335 e. The quantitative estimate of drug-likeness (QED) is 0.906. The lowest BCUT2D eigenvalue weighted by Crippen LogP contribution is -2.38. The van der Waals surface area contributed by atoms with Gasteiger partial charge in [0.2, 0.25) is 0 Å². The van der Waals surface area contributed by atoms with Gasteiger partial charge in [0.15, 0.2) is 0 Å². The second-order valence-electron chi connectivity index (χ2n) is 5.65. The van der Waals surface area contributed by atoms with Gasteiger partial charge in [-0.25, -0.2) is 4.79 Å². The lowest BCUT2D eigenvalue weighted by atomic mass is 9.78. The summed E-state index contributed by atoms with van der Waals surface area (Å²) in [6.45, 7) is 6.59. The summed E-state index contributed by atoms with van der Waals surface area (Å²) in [5.41, 5.74) is 1.79. The van der Waals surface area contributed by atoms with E-state index in [-0.39, 0.29) is 0 Å². The first kappa shape index (κ1) is 14.4. The summed E-state index contributed by atoms with van der Waals surface area (Å²) in [5.74, 6) is -0.877. The molecule has 2 rings (SSSR count). The summed E-state index contributed by atoms with van der Waals surface area (Å²) < 4.78 is 0.825. The van der Waals surface area contributed by atoms with Crippen LogP contribution in [0.1, 0.15) is 43.5 Å². The first-order chi connectivity index (χ1) is 8.93. The number of carboxylic acids is 1. The fourth-order valence-corrected chi connectivity index (χ4v) is 3.02. The molecule has 0 saturated carbocycles. The molecule has 0 atom stereocenters. The molecule has 0 aromatic heterocycles. The molecule has 4 heteroatoms. The summed E-state index contributed by atoms with van der Waals surface area (Å²) in [6.07, 6.45) is 3.54. The number of rotatable bonds is 3. The summed E-state index contributed by atoms with van der Waals surface area (Å²) in [7, 11) is 0. The normalized spacial score (nSPS) is 18.4. The minimum Gasteiger partial charge on any atom is -0.478 e. The fourth-order valence-electron chi connectivity index (χ4n) is 2.54. The Balaban J connectivity index is 2.17. The zero-order chi connectivity index (χ0) is 14.0. The highest BCUT2D eigenvalue weighted by Crippen LogP contribution is 2.36. The number of piperidine rings is 1. The molecule has 0 spiro atoms. The number of benzene rings is 1. The van der Waals surface area contributed by atoms with E-state index in [0.717, 1.165) is 23.2 Å². The molecule has 0 amide bonds. The molecule has 1 aliphatic rings. The van der Waals surface area contributed by atoms with E-state index in [2.05, 4.69) is 34.7 Å². The van der Waals surface area contributed by atoms with Crippen LogP contribution in [0.2, 0.25) is 0 Å². The van der Waals surface area contributed by atoms with Crippen molar-refractivity contribution < 1.29 is 9.90 Å². The number of carboxylic acid groups (broad SMARTS) is 1. The van der Waals surface area contributed by atoms with Crippen LogP contribution < -0.4 is 4.90 Å². The number of aromatic carboxylic acids is 1. The average Bonchev–Trinajstić information content (AvgIpc) is 2.39. The van der Waals surface area contributed by atoms with Crippen LogP contribution in [-0.2, 0) is 0 Å². The van der Waals surface area contributed by atoms with Crippen molar-refractivity contribution in [3.63, 3.8) is 0 Å². The Morgan fingerprint density at radius 1 is 1.37 bits per heavy atom. The molecule has 1 aromatic rings. The predicted octanol–water partition coefficient (Wildman–Crippen LogP) is 4.16. The molecular formula is C15H20BrNO2. The van der Waals surface area contributed by atoms with E-state index in [1.165, 1.54) is 19.3 Å². The third-order valence-electron chi connectivity index (χ3n) is 4.32. The predicted molar refractivity (Wildman–Crippen MR) is 80.9 cm³/mol. The van der Waals surface area contributed by atoms with Gasteiger partial charge in [-0.2, -0.15) is 0 Å². The summed E-state index contributed by atoms with van der Waals surface area (Å²) in [6, 6.07) is 5.41. The number of hydrogen-bond acceptors (Lipinski definition) is 2. The van der Waals surface area contributed by atoms with E-state index in [0.29, 0.717) is 11.0 Å². The van der Waals surface area contributed by atoms with Gasteiger partial charge >= 0.3 is 5.97 Å². The lowest BCUT2D eigenvalue weighted by Gasteiger charge is -2.40. The van der Waals surface area contributed by atoms with Crippen molar-refractivity contribution in [2.75, 3.05) is 18.0 Å². The number of anilines is 1. The molecule has 0 unspecified atom stereocenters. The molecule has 104 valence electrons. The smallest absolute Gasteiger partial charge is 0.335 e. The zero-order valence-corrected chi connectivity index (χ0v) is 13.0. The average molecular weight is 326 g/mol. The summed E-state index contributed by atoms with van der Waals surface area (Å²) >= 11 is 3.39. The van der Waals surface area contributed by atoms with Crippen molar-refractivity contribution in [1.29, 1.82) is 0 Å². The van der Waals surface area contributed by atoms with Gasteiger partial charge in [0.25, 0.3) is 0 Å². The number of carbonyl (C=O) groups is 1. The van der Waals surface area contributed by atoms with Crippen LogP contribution in [0, 0.1) is 5.41 Å². The van der Waals surface area contributed by atoms with Crippen LogP contribution in [0.4, 0.5) is 5.69 Å². The van der Waals surface area contributed by atoms with E-state index >= 15 is 0 Å². The SMILES string of the molecule is CCC1(C)CCN(c2cc(Br)cc(C(=O)O)c2)CC1.